The molecule has 3 heteroatoms. The van der Waals surface area contributed by atoms with Crippen LogP contribution in [0.25, 0.3) is 0 Å². The van der Waals surface area contributed by atoms with E-state index >= 15 is 0 Å². The van der Waals surface area contributed by atoms with Gasteiger partial charge in [0.05, 0.1) is 6.10 Å². The fourth-order valence-electron chi connectivity index (χ4n) is 2.24. The molecule has 0 aliphatic rings. The zero-order chi connectivity index (χ0) is 14.8. The Morgan fingerprint density at radius 2 is 2.10 bits per heavy atom. The van der Waals surface area contributed by atoms with Crippen LogP contribution in [0.1, 0.15) is 58.9 Å². The SMILES string of the molecule is CCCCC(CC)CNCc1cccnc1OC(C)C. The summed E-state index contributed by atoms with van der Waals surface area (Å²) in [5.41, 5.74) is 1.14. The predicted octanol–water partition coefficient (Wildman–Crippen LogP) is 4.17. The van der Waals surface area contributed by atoms with E-state index in [-0.39, 0.29) is 6.10 Å². The van der Waals surface area contributed by atoms with Crippen molar-refractivity contribution in [2.45, 2.75) is 66.0 Å². The van der Waals surface area contributed by atoms with Crippen LogP contribution in [0.15, 0.2) is 18.3 Å². The number of pyridine rings is 1. The number of hydrogen-bond donors (Lipinski definition) is 1. The summed E-state index contributed by atoms with van der Waals surface area (Å²) in [6.45, 7) is 10.5. The summed E-state index contributed by atoms with van der Waals surface area (Å²) in [5, 5.41) is 3.56. The van der Waals surface area contributed by atoms with E-state index in [0.717, 1.165) is 30.5 Å². The first kappa shape index (κ1) is 17.0. The van der Waals surface area contributed by atoms with Crippen molar-refractivity contribution < 1.29 is 4.74 Å². The van der Waals surface area contributed by atoms with Crippen LogP contribution in [0.5, 0.6) is 5.88 Å². The van der Waals surface area contributed by atoms with Crippen LogP contribution in [0.3, 0.4) is 0 Å². The number of nitrogens with one attached hydrogen (secondary N) is 1. The topological polar surface area (TPSA) is 34.2 Å². The van der Waals surface area contributed by atoms with Gasteiger partial charge in [0.1, 0.15) is 0 Å². The van der Waals surface area contributed by atoms with Gasteiger partial charge in [-0.05, 0) is 38.8 Å². The predicted molar refractivity (Wildman–Crippen MR) is 85.0 cm³/mol. The lowest BCUT2D eigenvalue weighted by molar-refractivity contribution is 0.229. The van der Waals surface area contributed by atoms with Crippen LogP contribution in [0.4, 0.5) is 0 Å². The third-order valence-electron chi connectivity index (χ3n) is 3.49. The van der Waals surface area contributed by atoms with E-state index in [2.05, 4.69) is 30.2 Å². The lowest BCUT2D eigenvalue weighted by Crippen LogP contribution is -2.23. The van der Waals surface area contributed by atoms with Crippen LogP contribution in [0.2, 0.25) is 0 Å². The smallest absolute Gasteiger partial charge is 0.218 e. The maximum atomic E-state index is 5.74. The average Bonchev–Trinajstić information content (AvgIpc) is 2.43. The molecule has 1 aromatic heterocycles. The zero-order valence-corrected chi connectivity index (χ0v) is 13.5. The Morgan fingerprint density at radius 1 is 1.30 bits per heavy atom. The average molecular weight is 278 g/mol. The van der Waals surface area contributed by atoms with Crippen LogP contribution >= 0.6 is 0 Å². The number of rotatable bonds is 10. The highest BCUT2D eigenvalue weighted by Gasteiger charge is 2.08. The van der Waals surface area contributed by atoms with Crippen LogP contribution < -0.4 is 10.1 Å². The van der Waals surface area contributed by atoms with E-state index in [1.165, 1.54) is 25.7 Å². The number of aromatic nitrogens is 1. The molecule has 0 amide bonds. The molecule has 3 nitrogen and oxygen atoms in total. The third-order valence-corrected chi connectivity index (χ3v) is 3.49. The largest absolute Gasteiger partial charge is 0.475 e. The molecule has 1 rings (SSSR count). The van der Waals surface area contributed by atoms with Gasteiger partial charge in [-0.3, -0.25) is 0 Å². The second kappa shape index (κ2) is 9.76. The molecular formula is C17H30N2O. The lowest BCUT2D eigenvalue weighted by Gasteiger charge is -2.17. The molecular weight excluding hydrogens is 248 g/mol. The monoisotopic (exact) mass is 278 g/mol. The maximum Gasteiger partial charge on any atom is 0.218 e. The van der Waals surface area contributed by atoms with Crippen molar-refractivity contribution in [3.05, 3.63) is 23.9 Å². The maximum absolute atomic E-state index is 5.74. The first-order valence-corrected chi connectivity index (χ1v) is 7.98. The molecule has 0 fully saturated rings. The third kappa shape index (κ3) is 6.38. The van der Waals surface area contributed by atoms with Gasteiger partial charge in [-0.15, -0.1) is 0 Å². The van der Waals surface area contributed by atoms with Crippen molar-refractivity contribution in [3.63, 3.8) is 0 Å². The molecule has 1 aromatic rings. The van der Waals surface area contributed by atoms with Crippen LogP contribution in [0, 0.1) is 5.92 Å². The molecule has 0 saturated carbocycles. The Balaban J connectivity index is 2.44. The molecule has 0 saturated heterocycles. The van der Waals surface area contributed by atoms with E-state index in [1.807, 2.05) is 19.9 Å². The summed E-state index contributed by atoms with van der Waals surface area (Å²) < 4.78 is 5.74. The van der Waals surface area contributed by atoms with Crippen molar-refractivity contribution in [1.82, 2.24) is 10.3 Å². The Kier molecular flexibility index (Phi) is 8.28. The Morgan fingerprint density at radius 3 is 2.75 bits per heavy atom. The molecule has 1 N–H and O–H groups in total. The second-order valence-corrected chi connectivity index (χ2v) is 5.68. The summed E-state index contributed by atoms with van der Waals surface area (Å²) in [6, 6.07) is 4.06. The molecule has 1 heterocycles. The van der Waals surface area contributed by atoms with E-state index in [4.69, 9.17) is 4.74 Å². The van der Waals surface area contributed by atoms with Gasteiger partial charge in [-0.1, -0.05) is 39.2 Å². The summed E-state index contributed by atoms with van der Waals surface area (Å²) in [6.07, 6.45) is 7.13. The van der Waals surface area contributed by atoms with Gasteiger partial charge in [0.25, 0.3) is 0 Å². The van der Waals surface area contributed by atoms with E-state index in [9.17, 15) is 0 Å². The molecule has 0 aliphatic heterocycles. The molecule has 1 unspecified atom stereocenters. The van der Waals surface area contributed by atoms with Gasteiger partial charge in [0.15, 0.2) is 0 Å². The highest BCUT2D eigenvalue weighted by Crippen LogP contribution is 2.16. The number of nitrogens with zero attached hydrogens (tertiary/aromatic N) is 1. The van der Waals surface area contributed by atoms with Crippen molar-refractivity contribution in [3.8, 4) is 5.88 Å². The Hall–Kier alpha value is -1.09. The van der Waals surface area contributed by atoms with E-state index in [0.29, 0.717) is 0 Å². The van der Waals surface area contributed by atoms with Crippen molar-refractivity contribution >= 4 is 0 Å². The number of hydrogen-bond acceptors (Lipinski definition) is 3. The standard InChI is InChI=1S/C17H30N2O/c1-5-7-9-15(6-2)12-18-13-16-10-8-11-19-17(16)20-14(3)4/h8,10-11,14-15,18H,5-7,9,12-13H2,1-4H3. The minimum Gasteiger partial charge on any atom is -0.475 e. The number of ether oxygens (including phenoxy) is 1. The Labute approximate surface area is 124 Å². The van der Waals surface area contributed by atoms with E-state index < -0.39 is 0 Å². The highest BCUT2D eigenvalue weighted by atomic mass is 16.5. The molecule has 20 heavy (non-hydrogen) atoms. The van der Waals surface area contributed by atoms with Gasteiger partial charge in [0, 0.05) is 18.3 Å². The van der Waals surface area contributed by atoms with Gasteiger partial charge in [-0.2, -0.15) is 0 Å². The highest BCUT2D eigenvalue weighted by molar-refractivity contribution is 5.25. The van der Waals surface area contributed by atoms with E-state index in [1.54, 1.807) is 6.20 Å². The van der Waals surface area contributed by atoms with Gasteiger partial charge < -0.3 is 10.1 Å². The summed E-state index contributed by atoms with van der Waals surface area (Å²) in [4.78, 5) is 4.32. The number of unbranched alkanes of at least 4 members (excludes halogenated alkanes) is 1. The molecule has 0 aliphatic carbocycles. The summed E-state index contributed by atoms with van der Waals surface area (Å²) >= 11 is 0. The molecule has 1 atom stereocenters. The Bertz CT molecular complexity index is 366. The van der Waals surface area contributed by atoms with Crippen LogP contribution in [-0.2, 0) is 6.54 Å². The van der Waals surface area contributed by atoms with Crippen molar-refractivity contribution in [1.29, 1.82) is 0 Å². The molecule has 0 bridgehead atoms. The lowest BCUT2D eigenvalue weighted by atomic mass is 9.99. The van der Waals surface area contributed by atoms with Gasteiger partial charge >= 0.3 is 0 Å². The second-order valence-electron chi connectivity index (χ2n) is 5.68. The quantitative estimate of drug-likeness (QED) is 0.697. The minimum atomic E-state index is 0.164. The summed E-state index contributed by atoms with van der Waals surface area (Å²) in [5.74, 6) is 1.54. The van der Waals surface area contributed by atoms with Crippen molar-refractivity contribution in [2.24, 2.45) is 5.92 Å². The first-order valence-electron chi connectivity index (χ1n) is 7.98. The van der Waals surface area contributed by atoms with Crippen LogP contribution in [-0.4, -0.2) is 17.6 Å². The zero-order valence-electron chi connectivity index (χ0n) is 13.5. The minimum absolute atomic E-state index is 0.164. The molecule has 0 radical (unpaired) electrons. The molecule has 114 valence electrons. The van der Waals surface area contributed by atoms with Gasteiger partial charge in [0.2, 0.25) is 5.88 Å². The van der Waals surface area contributed by atoms with Crippen molar-refractivity contribution in [2.75, 3.05) is 6.54 Å². The fraction of sp³-hybridized carbons (Fsp3) is 0.706. The van der Waals surface area contributed by atoms with Gasteiger partial charge in [-0.25, -0.2) is 4.98 Å². The first-order chi connectivity index (χ1) is 9.67. The molecule has 0 spiro atoms. The molecule has 0 aromatic carbocycles. The normalized spacial score (nSPS) is 12.7. The fourth-order valence-corrected chi connectivity index (χ4v) is 2.24. The summed E-state index contributed by atoms with van der Waals surface area (Å²) in [7, 11) is 0.